The Kier molecular flexibility index (Phi) is 2.67. The lowest BCUT2D eigenvalue weighted by Crippen LogP contribution is -2.49. The third kappa shape index (κ3) is 1.87. The van der Waals surface area contributed by atoms with Crippen molar-refractivity contribution in [3.8, 4) is 0 Å². The predicted molar refractivity (Wildman–Crippen MR) is 52.9 cm³/mol. The highest BCUT2D eigenvalue weighted by Crippen LogP contribution is 2.38. The summed E-state index contributed by atoms with van der Waals surface area (Å²) in [6.45, 7) is 0. The highest BCUT2D eigenvalue weighted by molar-refractivity contribution is 6.45. The van der Waals surface area contributed by atoms with E-state index in [1.165, 1.54) is 24.3 Å². The SMILES string of the molecule is O=C1N=C2C=CC=CC2N=C1C(F)(F)C(F)(F)F. The van der Waals surface area contributed by atoms with Crippen LogP contribution in [0.25, 0.3) is 0 Å². The summed E-state index contributed by atoms with van der Waals surface area (Å²) in [4.78, 5) is 17.5. The van der Waals surface area contributed by atoms with Crippen LogP contribution < -0.4 is 0 Å². The first-order chi connectivity index (χ1) is 8.23. The van der Waals surface area contributed by atoms with Gasteiger partial charge in [-0.15, -0.1) is 0 Å². The van der Waals surface area contributed by atoms with E-state index in [1.807, 2.05) is 0 Å². The molecule has 8 heteroatoms. The Bertz CT molecular complexity index is 513. The number of allylic oxidation sites excluding steroid dienone is 2. The molecule has 0 saturated heterocycles. The molecule has 18 heavy (non-hydrogen) atoms. The van der Waals surface area contributed by atoms with Crippen molar-refractivity contribution in [3.05, 3.63) is 24.3 Å². The smallest absolute Gasteiger partial charge is 0.265 e. The Morgan fingerprint density at radius 3 is 2.39 bits per heavy atom. The molecule has 2 rings (SSSR count). The Labute approximate surface area is 97.4 Å². The number of fused-ring (bicyclic) bond motifs is 1. The summed E-state index contributed by atoms with van der Waals surface area (Å²) in [6, 6.07) is -1.07. The van der Waals surface area contributed by atoms with Crippen molar-refractivity contribution in [3.63, 3.8) is 0 Å². The molecular formula is C10H5F5N2O. The number of amides is 1. The molecule has 3 nitrogen and oxygen atoms in total. The molecule has 0 N–H and O–H groups in total. The molecule has 1 aliphatic heterocycles. The number of nitrogens with zero attached hydrogens (tertiary/aromatic N) is 2. The van der Waals surface area contributed by atoms with Crippen molar-refractivity contribution < 1.29 is 26.7 Å². The molecule has 0 aromatic heterocycles. The van der Waals surface area contributed by atoms with E-state index in [0.29, 0.717) is 0 Å². The van der Waals surface area contributed by atoms with Crippen LogP contribution in [0.2, 0.25) is 0 Å². The van der Waals surface area contributed by atoms with E-state index in [9.17, 15) is 26.7 Å². The topological polar surface area (TPSA) is 41.8 Å². The second-order valence-electron chi connectivity index (χ2n) is 3.58. The lowest BCUT2D eigenvalue weighted by Gasteiger charge is -2.24. The van der Waals surface area contributed by atoms with Gasteiger partial charge in [-0.1, -0.05) is 18.2 Å². The summed E-state index contributed by atoms with van der Waals surface area (Å²) in [5, 5.41) is 0. The molecule has 0 aromatic carbocycles. The zero-order valence-electron chi connectivity index (χ0n) is 8.58. The monoisotopic (exact) mass is 264 g/mol. The van der Waals surface area contributed by atoms with Crippen LogP contribution in [0.3, 0.4) is 0 Å². The van der Waals surface area contributed by atoms with Crippen molar-refractivity contribution >= 4 is 17.3 Å². The third-order valence-electron chi connectivity index (χ3n) is 2.33. The van der Waals surface area contributed by atoms with Crippen LogP contribution >= 0.6 is 0 Å². The number of aliphatic imine (C=N–C) groups is 2. The van der Waals surface area contributed by atoms with Gasteiger partial charge in [-0.2, -0.15) is 22.0 Å². The summed E-state index contributed by atoms with van der Waals surface area (Å²) >= 11 is 0. The predicted octanol–water partition coefficient (Wildman–Crippen LogP) is 2.10. The Morgan fingerprint density at radius 1 is 1.11 bits per heavy atom. The maximum atomic E-state index is 13.0. The van der Waals surface area contributed by atoms with Crippen molar-refractivity contribution in [1.82, 2.24) is 0 Å². The van der Waals surface area contributed by atoms with Gasteiger partial charge in [0.2, 0.25) is 0 Å². The second-order valence-corrected chi connectivity index (χ2v) is 3.58. The van der Waals surface area contributed by atoms with E-state index in [2.05, 4.69) is 9.98 Å². The lowest BCUT2D eigenvalue weighted by molar-refractivity contribution is -0.249. The molecule has 0 radical (unpaired) electrons. The summed E-state index contributed by atoms with van der Waals surface area (Å²) in [7, 11) is 0. The van der Waals surface area contributed by atoms with Crippen LogP contribution in [-0.2, 0) is 4.79 Å². The summed E-state index contributed by atoms with van der Waals surface area (Å²) in [6.07, 6.45) is -0.369. The third-order valence-corrected chi connectivity index (χ3v) is 2.33. The van der Waals surface area contributed by atoms with Gasteiger partial charge in [0.05, 0.1) is 5.71 Å². The molecule has 1 atom stereocenters. The first-order valence-corrected chi connectivity index (χ1v) is 4.74. The summed E-state index contributed by atoms with van der Waals surface area (Å²) in [5.74, 6) is -6.96. The van der Waals surface area contributed by atoms with Gasteiger partial charge in [-0.05, 0) is 6.08 Å². The lowest BCUT2D eigenvalue weighted by atomic mass is 10.0. The molecule has 0 fully saturated rings. The molecule has 96 valence electrons. The van der Waals surface area contributed by atoms with E-state index in [-0.39, 0.29) is 5.71 Å². The molecule has 0 bridgehead atoms. The first-order valence-electron chi connectivity index (χ1n) is 4.74. The fraction of sp³-hybridized carbons (Fsp3) is 0.300. The number of hydrogen-bond donors (Lipinski definition) is 0. The molecular weight excluding hydrogens is 259 g/mol. The van der Waals surface area contributed by atoms with Gasteiger partial charge in [0.15, 0.2) is 5.71 Å². The average Bonchev–Trinajstić information content (AvgIpc) is 2.26. The molecule has 0 spiro atoms. The molecule has 1 aliphatic carbocycles. The van der Waals surface area contributed by atoms with E-state index in [1.54, 1.807) is 0 Å². The molecule has 2 aliphatic rings. The minimum atomic E-state index is -5.87. The highest BCUT2D eigenvalue weighted by atomic mass is 19.4. The second kappa shape index (κ2) is 3.82. The standard InChI is InChI=1S/C10H5F5N2O/c11-9(12,10(13,14)15)7-8(18)17-6-4-2-1-3-5(6)16-7/h1-5H. The van der Waals surface area contributed by atoms with Gasteiger partial charge in [-0.25, -0.2) is 4.99 Å². The molecule has 0 aromatic rings. The number of rotatable bonds is 1. The normalized spacial score (nSPS) is 23.6. The maximum Gasteiger partial charge on any atom is 0.459 e. The molecule has 1 amide bonds. The van der Waals surface area contributed by atoms with E-state index in [4.69, 9.17) is 0 Å². The quantitative estimate of drug-likeness (QED) is 0.669. The van der Waals surface area contributed by atoms with Crippen LogP contribution in [0.15, 0.2) is 34.3 Å². The number of carbonyl (C=O) groups is 1. The first kappa shape index (κ1) is 12.6. The van der Waals surface area contributed by atoms with Crippen LogP contribution in [0.1, 0.15) is 0 Å². The van der Waals surface area contributed by atoms with Crippen LogP contribution in [0, 0.1) is 0 Å². The highest BCUT2D eigenvalue weighted by Gasteiger charge is 2.63. The molecule has 1 heterocycles. The van der Waals surface area contributed by atoms with Gasteiger partial charge in [-0.3, -0.25) is 9.79 Å². The van der Waals surface area contributed by atoms with Gasteiger partial charge in [0, 0.05) is 0 Å². The minimum absolute atomic E-state index is 0.0456. The van der Waals surface area contributed by atoms with Crippen molar-refractivity contribution in [1.29, 1.82) is 0 Å². The molecule has 0 saturated carbocycles. The van der Waals surface area contributed by atoms with Crippen LogP contribution in [-0.4, -0.2) is 35.5 Å². The van der Waals surface area contributed by atoms with Gasteiger partial charge in [0.25, 0.3) is 5.91 Å². The summed E-state index contributed by atoms with van der Waals surface area (Å²) in [5.41, 5.74) is -1.83. The summed E-state index contributed by atoms with van der Waals surface area (Å²) < 4.78 is 62.5. The number of alkyl halides is 5. The fourth-order valence-corrected chi connectivity index (χ4v) is 1.45. The van der Waals surface area contributed by atoms with Crippen LogP contribution in [0.4, 0.5) is 22.0 Å². The van der Waals surface area contributed by atoms with E-state index < -0.39 is 29.8 Å². The van der Waals surface area contributed by atoms with Crippen LogP contribution in [0.5, 0.6) is 0 Å². The molecule has 1 unspecified atom stereocenters. The fourth-order valence-electron chi connectivity index (χ4n) is 1.45. The van der Waals surface area contributed by atoms with Crippen molar-refractivity contribution in [2.45, 2.75) is 18.1 Å². The Morgan fingerprint density at radius 2 is 1.78 bits per heavy atom. The maximum absolute atomic E-state index is 13.0. The van der Waals surface area contributed by atoms with E-state index in [0.717, 1.165) is 0 Å². The number of carbonyl (C=O) groups excluding carboxylic acids is 1. The van der Waals surface area contributed by atoms with Crippen molar-refractivity contribution in [2.75, 3.05) is 0 Å². The minimum Gasteiger partial charge on any atom is -0.265 e. The Hall–Kier alpha value is -1.86. The number of halogens is 5. The largest absolute Gasteiger partial charge is 0.459 e. The van der Waals surface area contributed by atoms with Gasteiger partial charge in [0.1, 0.15) is 6.04 Å². The van der Waals surface area contributed by atoms with E-state index >= 15 is 0 Å². The number of hydrogen-bond acceptors (Lipinski definition) is 2. The average molecular weight is 264 g/mol. The Balaban J connectivity index is 2.42. The van der Waals surface area contributed by atoms with Crippen molar-refractivity contribution in [2.24, 2.45) is 9.98 Å². The zero-order chi connectivity index (χ0) is 13.6. The van der Waals surface area contributed by atoms with Gasteiger partial charge >= 0.3 is 12.1 Å². The zero-order valence-corrected chi connectivity index (χ0v) is 8.58. The van der Waals surface area contributed by atoms with Gasteiger partial charge < -0.3 is 0 Å².